The summed E-state index contributed by atoms with van der Waals surface area (Å²) in [6, 6.07) is 3.07. The van der Waals surface area contributed by atoms with Gasteiger partial charge in [0.15, 0.2) is 0 Å². The quantitative estimate of drug-likeness (QED) is 0.607. The summed E-state index contributed by atoms with van der Waals surface area (Å²) < 4.78 is 4.63. The summed E-state index contributed by atoms with van der Waals surface area (Å²) in [6.45, 7) is 5.40. The average molecular weight is 223 g/mol. The van der Waals surface area contributed by atoms with Crippen molar-refractivity contribution in [3.05, 3.63) is 23.3 Å². The van der Waals surface area contributed by atoms with Crippen LogP contribution in [0.2, 0.25) is 0 Å². The topological polar surface area (TPSA) is 58.6 Å². The third-order valence-electron chi connectivity index (χ3n) is 2.47. The number of anilines is 1. The van der Waals surface area contributed by atoms with Gasteiger partial charge in [-0.25, -0.2) is 4.79 Å². The van der Waals surface area contributed by atoms with E-state index in [2.05, 4.69) is 10.1 Å². The molecule has 4 nitrogen and oxygen atoms in total. The zero-order valence-corrected chi connectivity index (χ0v) is 10.00. The van der Waals surface area contributed by atoms with Gasteiger partial charge in [0, 0.05) is 5.69 Å². The zero-order valence-electron chi connectivity index (χ0n) is 10.00. The molecular formula is C12H17NO3. The average Bonchev–Trinajstić information content (AvgIpc) is 2.24. The number of phenolic OH excluding ortho intramolecular Hbond substituents is 1. The largest absolute Gasteiger partial charge is 0.508 e. The van der Waals surface area contributed by atoms with E-state index in [1.165, 1.54) is 7.11 Å². The smallest absolute Gasteiger partial charge is 0.327 e. The Morgan fingerprint density at radius 2 is 2.00 bits per heavy atom. The molecule has 0 saturated carbocycles. The number of benzene rings is 1. The molecule has 88 valence electrons. The van der Waals surface area contributed by atoms with Crippen LogP contribution in [0.4, 0.5) is 5.69 Å². The van der Waals surface area contributed by atoms with Crippen molar-refractivity contribution in [2.45, 2.75) is 26.8 Å². The predicted molar refractivity (Wildman–Crippen MR) is 62.7 cm³/mol. The Morgan fingerprint density at radius 1 is 1.38 bits per heavy atom. The minimum absolute atomic E-state index is 0.258. The van der Waals surface area contributed by atoms with Crippen molar-refractivity contribution in [1.82, 2.24) is 0 Å². The molecule has 1 rings (SSSR count). The Bertz CT molecular complexity index is 401. The van der Waals surface area contributed by atoms with Crippen molar-refractivity contribution in [3.63, 3.8) is 0 Å². The number of hydrogen-bond acceptors (Lipinski definition) is 4. The van der Waals surface area contributed by atoms with Crippen LogP contribution in [0.5, 0.6) is 5.75 Å². The predicted octanol–water partition coefficient (Wildman–Crippen LogP) is 1.98. The second-order valence-corrected chi connectivity index (χ2v) is 3.84. The molecule has 16 heavy (non-hydrogen) atoms. The van der Waals surface area contributed by atoms with Crippen molar-refractivity contribution in [2.24, 2.45) is 0 Å². The lowest BCUT2D eigenvalue weighted by Crippen LogP contribution is -2.27. The minimum Gasteiger partial charge on any atom is -0.508 e. The summed E-state index contributed by atoms with van der Waals surface area (Å²) in [5, 5.41) is 12.5. The van der Waals surface area contributed by atoms with Gasteiger partial charge in [-0.1, -0.05) is 0 Å². The number of esters is 1. The molecule has 1 atom stereocenters. The summed E-state index contributed by atoms with van der Waals surface area (Å²) in [7, 11) is 1.36. The molecule has 0 bridgehead atoms. The first kappa shape index (κ1) is 12.4. The van der Waals surface area contributed by atoms with Crippen molar-refractivity contribution >= 4 is 11.7 Å². The molecule has 0 fully saturated rings. The lowest BCUT2D eigenvalue weighted by atomic mass is 10.1. The molecule has 2 N–H and O–H groups in total. The normalized spacial score (nSPS) is 12.0. The third kappa shape index (κ3) is 2.66. The van der Waals surface area contributed by atoms with Crippen molar-refractivity contribution in [2.75, 3.05) is 12.4 Å². The van der Waals surface area contributed by atoms with Crippen LogP contribution < -0.4 is 5.32 Å². The number of carbonyl (C=O) groups is 1. The van der Waals surface area contributed by atoms with E-state index in [1.54, 1.807) is 13.0 Å². The van der Waals surface area contributed by atoms with E-state index in [4.69, 9.17) is 0 Å². The maximum Gasteiger partial charge on any atom is 0.327 e. The van der Waals surface area contributed by atoms with E-state index in [0.717, 1.165) is 16.8 Å². The molecule has 0 aliphatic heterocycles. The van der Waals surface area contributed by atoms with E-state index >= 15 is 0 Å². The van der Waals surface area contributed by atoms with E-state index in [9.17, 15) is 9.90 Å². The highest BCUT2D eigenvalue weighted by molar-refractivity contribution is 5.79. The van der Waals surface area contributed by atoms with Crippen molar-refractivity contribution in [3.8, 4) is 5.75 Å². The van der Waals surface area contributed by atoms with Gasteiger partial charge in [-0.2, -0.15) is 0 Å². The van der Waals surface area contributed by atoms with Crippen LogP contribution in [0.25, 0.3) is 0 Å². The van der Waals surface area contributed by atoms with Crippen LogP contribution in [0.1, 0.15) is 18.1 Å². The molecule has 0 amide bonds. The maximum absolute atomic E-state index is 11.2. The van der Waals surface area contributed by atoms with Crippen LogP contribution in [-0.4, -0.2) is 24.2 Å². The van der Waals surface area contributed by atoms with Crippen LogP contribution in [-0.2, 0) is 9.53 Å². The van der Waals surface area contributed by atoms with E-state index < -0.39 is 6.04 Å². The molecule has 1 aromatic rings. The molecule has 0 heterocycles. The van der Waals surface area contributed by atoms with Crippen LogP contribution in [0, 0.1) is 13.8 Å². The van der Waals surface area contributed by atoms with Gasteiger partial charge in [0.05, 0.1) is 7.11 Å². The van der Waals surface area contributed by atoms with E-state index in [0.29, 0.717) is 0 Å². The first-order valence-electron chi connectivity index (χ1n) is 5.10. The summed E-state index contributed by atoms with van der Waals surface area (Å²) in [6.07, 6.45) is 0. The summed E-state index contributed by atoms with van der Waals surface area (Å²) in [5.74, 6) is -0.0566. The van der Waals surface area contributed by atoms with Crippen LogP contribution >= 0.6 is 0 Å². The SMILES string of the molecule is COC(=O)C(C)Nc1cc(C)c(O)cc1C. The number of aromatic hydroxyl groups is 1. The number of methoxy groups -OCH3 is 1. The lowest BCUT2D eigenvalue weighted by Gasteiger charge is -2.16. The van der Waals surface area contributed by atoms with Gasteiger partial charge in [-0.3, -0.25) is 0 Å². The molecular weight excluding hydrogens is 206 g/mol. The Morgan fingerprint density at radius 3 is 2.56 bits per heavy atom. The highest BCUT2D eigenvalue weighted by Gasteiger charge is 2.14. The standard InChI is InChI=1S/C12H17NO3/c1-7-6-11(14)8(2)5-10(7)13-9(3)12(15)16-4/h5-6,9,13-14H,1-4H3. The molecule has 0 aromatic heterocycles. The number of ether oxygens (including phenoxy) is 1. The minimum atomic E-state index is -0.410. The number of carbonyl (C=O) groups excluding carboxylic acids is 1. The molecule has 0 radical (unpaired) electrons. The molecule has 1 aromatic carbocycles. The number of nitrogens with one attached hydrogen (secondary N) is 1. The van der Waals surface area contributed by atoms with Gasteiger partial charge in [0.2, 0.25) is 0 Å². The highest BCUT2D eigenvalue weighted by atomic mass is 16.5. The molecule has 1 unspecified atom stereocenters. The van der Waals surface area contributed by atoms with Crippen LogP contribution in [0.3, 0.4) is 0 Å². The van der Waals surface area contributed by atoms with Crippen molar-refractivity contribution < 1.29 is 14.6 Å². The lowest BCUT2D eigenvalue weighted by molar-refractivity contribution is -0.141. The van der Waals surface area contributed by atoms with Gasteiger partial charge in [-0.15, -0.1) is 0 Å². The first-order chi connectivity index (χ1) is 7.45. The number of aryl methyl sites for hydroxylation is 2. The van der Waals surface area contributed by atoms with Gasteiger partial charge in [0.1, 0.15) is 11.8 Å². The third-order valence-corrected chi connectivity index (χ3v) is 2.47. The second kappa shape index (κ2) is 4.88. The van der Waals surface area contributed by atoms with Gasteiger partial charge < -0.3 is 15.2 Å². The number of hydrogen-bond donors (Lipinski definition) is 2. The monoisotopic (exact) mass is 223 g/mol. The molecule has 0 saturated heterocycles. The number of rotatable bonds is 3. The molecule has 0 aliphatic carbocycles. The second-order valence-electron chi connectivity index (χ2n) is 3.84. The maximum atomic E-state index is 11.2. The Kier molecular flexibility index (Phi) is 3.77. The Labute approximate surface area is 95.2 Å². The zero-order chi connectivity index (χ0) is 12.3. The van der Waals surface area contributed by atoms with Gasteiger partial charge in [-0.05, 0) is 44.0 Å². The van der Waals surface area contributed by atoms with E-state index in [1.807, 2.05) is 19.9 Å². The summed E-state index contributed by atoms with van der Waals surface area (Å²) in [5.41, 5.74) is 2.48. The molecule has 0 spiro atoms. The summed E-state index contributed by atoms with van der Waals surface area (Å²) in [4.78, 5) is 11.2. The van der Waals surface area contributed by atoms with Crippen molar-refractivity contribution in [1.29, 1.82) is 0 Å². The number of phenols is 1. The molecule has 0 aliphatic rings. The Hall–Kier alpha value is -1.71. The fourth-order valence-corrected chi connectivity index (χ4v) is 1.43. The fraction of sp³-hybridized carbons (Fsp3) is 0.417. The molecule has 4 heteroatoms. The van der Waals surface area contributed by atoms with Gasteiger partial charge >= 0.3 is 5.97 Å². The first-order valence-corrected chi connectivity index (χ1v) is 5.10. The van der Waals surface area contributed by atoms with E-state index in [-0.39, 0.29) is 11.7 Å². The fourth-order valence-electron chi connectivity index (χ4n) is 1.43. The highest BCUT2D eigenvalue weighted by Crippen LogP contribution is 2.25. The van der Waals surface area contributed by atoms with Crippen LogP contribution in [0.15, 0.2) is 12.1 Å². The van der Waals surface area contributed by atoms with Gasteiger partial charge in [0.25, 0.3) is 0 Å². The summed E-state index contributed by atoms with van der Waals surface area (Å²) >= 11 is 0. The Balaban J connectivity index is 2.89.